The van der Waals surface area contributed by atoms with Gasteiger partial charge in [0.05, 0.1) is 6.54 Å². The van der Waals surface area contributed by atoms with Crippen LogP contribution in [0.5, 0.6) is 0 Å². The first-order valence-corrected chi connectivity index (χ1v) is 6.55. The molecule has 0 aliphatic heterocycles. The van der Waals surface area contributed by atoms with Crippen LogP contribution in [0.2, 0.25) is 0 Å². The Morgan fingerprint density at radius 2 is 1.95 bits per heavy atom. The van der Waals surface area contributed by atoms with Crippen LogP contribution in [-0.4, -0.2) is 49.7 Å². The Morgan fingerprint density at radius 1 is 1.33 bits per heavy atom. The molecule has 0 spiro atoms. The molecule has 0 saturated heterocycles. The Kier molecular flexibility index (Phi) is 11.5. The standard InChI is InChI=1S/C12H22F3N3O.2ClH/c1-18(8-12(13,14)15)6-5-17-11(19)7-9-3-2-4-10(9)16;;/h9-10H,2-8,16H2,1H3,(H,17,19);2*1H/t9-,10+;;/m0../s1. The Balaban J connectivity index is 0. The normalized spacial score (nSPS) is 21.6. The predicted molar refractivity (Wildman–Crippen MR) is 81.0 cm³/mol. The molecule has 0 heterocycles. The molecule has 1 amide bonds. The van der Waals surface area contributed by atoms with Crippen molar-refractivity contribution >= 4 is 30.7 Å². The van der Waals surface area contributed by atoms with Crippen molar-refractivity contribution in [2.45, 2.75) is 37.9 Å². The van der Waals surface area contributed by atoms with Crippen molar-refractivity contribution in [2.24, 2.45) is 11.7 Å². The summed E-state index contributed by atoms with van der Waals surface area (Å²) in [5.74, 6) is 0.0932. The zero-order valence-corrected chi connectivity index (χ0v) is 13.6. The van der Waals surface area contributed by atoms with E-state index < -0.39 is 12.7 Å². The number of rotatable bonds is 6. The van der Waals surface area contributed by atoms with Gasteiger partial charge in [-0.3, -0.25) is 9.69 Å². The third-order valence-corrected chi connectivity index (χ3v) is 3.43. The highest BCUT2D eigenvalue weighted by atomic mass is 35.5. The van der Waals surface area contributed by atoms with Crippen LogP contribution in [0.1, 0.15) is 25.7 Å². The summed E-state index contributed by atoms with van der Waals surface area (Å²) < 4.78 is 36.2. The summed E-state index contributed by atoms with van der Waals surface area (Å²) >= 11 is 0. The molecule has 0 aromatic rings. The quantitative estimate of drug-likeness (QED) is 0.767. The van der Waals surface area contributed by atoms with Crippen LogP contribution in [-0.2, 0) is 4.79 Å². The molecule has 0 unspecified atom stereocenters. The maximum atomic E-state index is 12.1. The van der Waals surface area contributed by atoms with E-state index in [1.807, 2.05) is 0 Å². The summed E-state index contributed by atoms with van der Waals surface area (Å²) in [5.41, 5.74) is 5.86. The minimum absolute atomic E-state index is 0. The summed E-state index contributed by atoms with van der Waals surface area (Å²) in [4.78, 5) is 12.7. The van der Waals surface area contributed by atoms with E-state index >= 15 is 0 Å². The lowest BCUT2D eigenvalue weighted by Crippen LogP contribution is -2.38. The molecule has 1 rings (SSSR count). The second-order valence-electron chi connectivity index (χ2n) is 5.26. The molecule has 1 fully saturated rings. The molecule has 1 aliphatic carbocycles. The number of hydrogen-bond acceptors (Lipinski definition) is 3. The van der Waals surface area contributed by atoms with Crippen molar-refractivity contribution in [3.05, 3.63) is 0 Å². The molecule has 2 atom stereocenters. The first kappa shape index (κ1) is 23.0. The van der Waals surface area contributed by atoms with Crippen molar-refractivity contribution in [2.75, 3.05) is 26.7 Å². The number of likely N-dealkylation sites (N-methyl/N-ethyl adjacent to an activating group) is 1. The van der Waals surface area contributed by atoms with E-state index in [4.69, 9.17) is 5.73 Å². The van der Waals surface area contributed by atoms with Crippen LogP contribution in [0.25, 0.3) is 0 Å². The Bertz CT molecular complexity index is 306. The number of alkyl halides is 3. The summed E-state index contributed by atoms with van der Waals surface area (Å²) in [6.45, 7) is -0.550. The van der Waals surface area contributed by atoms with Gasteiger partial charge in [0.15, 0.2) is 0 Å². The molecule has 0 radical (unpaired) electrons. The number of halogens is 5. The first-order chi connectivity index (χ1) is 8.78. The number of carbonyl (C=O) groups is 1. The second-order valence-corrected chi connectivity index (χ2v) is 5.26. The first-order valence-electron chi connectivity index (χ1n) is 6.55. The van der Waals surface area contributed by atoms with Crippen molar-refractivity contribution < 1.29 is 18.0 Å². The van der Waals surface area contributed by atoms with Crippen LogP contribution in [0.15, 0.2) is 0 Å². The third kappa shape index (κ3) is 10.2. The van der Waals surface area contributed by atoms with Gasteiger partial charge in [0, 0.05) is 25.6 Å². The van der Waals surface area contributed by atoms with Crippen LogP contribution >= 0.6 is 24.8 Å². The molecule has 0 aromatic carbocycles. The Morgan fingerprint density at radius 3 is 2.43 bits per heavy atom. The smallest absolute Gasteiger partial charge is 0.355 e. The summed E-state index contributed by atoms with van der Waals surface area (Å²) in [6.07, 6.45) is -0.859. The van der Waals surface area contributed by atoms with Crippen LogP contribution in [0, 0.1) is 5.92 Å². The highest BCUT2D eigenvalue weighted by molar-refractivity contribution is 5.85. The van der Waals surface area contributed by atoms with Gasteiger partial charge in [0.2, 0.25) is 5.91 Å². The van der Waals surface area contributed by atoms with Gasteiger partial charge in [-0.25, -0.2) is 0 Å². The van der Waals surface area contributed by atoms with Crippen molar-refractivity contribution in [1.29, 1.82) is 0 Å². The van der Waals surface area contributed by atoms with Crippen molar-refractivity contribution in [1.82, 2.24) is 10.2 Å². The molecule has 0 bridgehead atoms. The molecular weight excluding hydrogens is 330 g/mol. The Labute approximate surface area is 135 Å². The SMILES string of the molecule is CN(CCNC(=O)C[C@@H]1CCC[C@H]1N)CC(F)(F)F.Cl.Cl. The largest absolute Gasteiger partial charge is 0.401 e. The van der Waals surface area contributed by atoms with Crippen molar-refractivity contribution in [3.8, 4) is 0 Å². The summed E-state index contributed by atoms with van der Waals surface area (Å²) in [6, 6.07) is 0.0821. The average Bonchev–Trinajstić information content (AvgIpc) is 2.61. The molecule has 3 N–H and O–H groups in total. The Hall–Kier alpha value is -0.240. The number of nitrogens with zero attached hydrogens (tertiary/aromatic N) is 1. The lowest BCUT2D eigenvalue weighted by molar-refractivity contribution is -0.142. The van der Waals surface area contributed by atoms with Crippen LogP contribution < -0.4 is 11.1 Å². The van der Waals surface area contributed by atoms with Gasteiger partial charge in [-0.1, -0.05) is 6.42 Å². The topological polar surface area (TPSA) is 58.4 Å². The third-order valence-electron chi connectivity index (χ3n) is 3.43. The molecule has 21 heavy (non-hydrogen) atoms. The summed E-state index contributed by atoms with van der Waals surface area (Å²) in [5, 5.41) is 2.64. The van der Waals surface area contributed by atoms with Gasteiger partial charge >= 0.3 is 6.18 Å². The second kappa shape index (κ2) is 10.5. The fourth-order valence-electron chi connectivity index (χ4n) is 2.40. The highest BCUT2D eigenvalue weighted by Crippen LogP contribution is 2.26. The molecular formula is C12H24Cl2F3N3O. The van der Waals surface area contributed by atoms with Crippen LogP contribution in [0.4, 0.5) is 13.2 Å². The monoisotopic (exact) mass is 353 g/mol. The minimum Gasteiger partial charge on any atom is -0.355 e. The minimum atomic E-state index is -4.20. The maximum absolute atomic E-state index is 12.1. The number of amides is 1. The van der Waals surface area contributed by atoms with Crippen molar-refractivity contribution in [3.63, 3.8) is 0 Å². The van der Waals surface area contributed by atoms with E-state index in [-0.39, 0.29) is 55.8 Å². The van der Waals surface area contributed by atoms with E-state index in [0.717, 1.165) is 24.2 Å². The molecule has 1 saturated carbocycles. The van der Waals surface area contributed by atoms with Gasteiger partial charge in [-0.15, -0.1) is 24.8 Å². The number of nitrogens with one attached hydrogen (secondary N) is 1. The fraction of sp³-hybridized carbons (Fsp3) is 0.917. The number of hydrogen-bond donors (Lipinski definition) is 2. The van der Waals surface area contributed by atoms with Gasteiger partial charge in [-0.05, 0) is 25.8 Å². The average molecular weight is 354 g/mol. The number of nitrogens with two attached hydrogens (primary N) is 1. The summed E-state index contributed by atoms with van der Waals surface area (Å²) in [7, 11) is 1.38. The molecule has 4 nitrogen and oxygen atoms in total. The molecule has 128 valence electrons. The highest BCUT2D eigenvalue weighted by Gasteiger charge is 2.29. The molecule has 0 aromatic heterocycles. The van der Waals surface area contributed by atoms with Gasteiger partial charge in [-0.2, -0.15) is 13.2 Å². The van der Waals surface area contributed by atoms with E-state index in [0.29, 0.717) is 6.42 Å². The molecule has 9 heteroatoms. The molecule has 1 aliphatic rings. The fourth-order valence-corrected chi connectivity index (χ4v) is 2.40. The van der Waals surface area contributed by atoms with E-state index in [2.05, 4.69) is 5.32 Å². The van der Waals surface area contributed by atoms with E-state index in [1.54, 1.807) is 0 Å². The van der Waals surface area contributed by atoms with E-state index in [9.17, 15) is 18.0 Å². The lowest BCUT2D eigenvalue weighted by atomic mass is 10.00. The zero-order valence-electron chi connectivity index (χ0n) is 12.0. The van der Waals surface area contributed by atoms with Gasteiger partial charge in [0.1, 0.15) is 0 Å². The lowest BCUT2D eigenvalue weighted by Gasteiger charge is -2.19. The van der Waals surface area contributed by atoms with Crippen LogP contribution in [0.3, 0.4) is 0 Å². The zero-order chi connectivity index (χ0) is 14.5. The maximum Gasteiger partial charge on any atom is 0.401 e. The number of carbonyl (C=O) groups excluding carboxylic acids is 1. The van der Waals surface area contributed by atoms with Gasteiger partial charge < -0.3 is 11.1 Å². The predicted octanol–water partition coefficient (Wildman–Crippen LogP) is 1.96. The van der Waals surface area contributed by atoms with E-state index in [1.165, 1.54) is 7.05 Å². The van der Waals surface area contributed by atoms with Gasteiger partial charge in [0.25, 0.3) is 0 Å².